The van der Waals surface area contributed by atoms with Crippen LogP contribution in [0.4, 0.5) is 0 Å². The van der Waals surface area contributed by atoms with Crippen LogP contribution in [0.3, 0.4) is 0 Å². The molecule has 4 nitrogen and oxygen atoms in total. The molecule has 0 amide bonds. The summed E-state index contributed by atoms with van der Waals surface area (Å²) in [5.74, 6) is 1.97. The standard InChI is InChI=1S/C47H32N4S/c1-47(2)38-21-13-12-20-36(38)41-37(45-50-43(29-14-6-3-7-15-29)49-44(51-45)30-16-8-4-9-17-30)27-34(28-39(41)47)32-22-24-35-33(26-32)23-25-40-42(35)48-46(52-40)31-18-10-5-11-19-31/h3-28H,1-2H3. The summed E-state index contributed by atoms with van der Waals surface area (Å²) in [6.07, 6.45) is 0. The van der Waals surface area contributed by atoms with E-state index in [1.807, 2.05) is 42.5 Å². The zero-order chi connectivity index (χ0) is 34.8. The van der Waals surface area contributed by atoms with Gasteiger partial charge in [-0.1, -0.05) is 147 Å². The molecule has 0 atom stereocenters. The molecule has 0 fully saturated rings. The van der Waals surface area contributed by atoms with Crippen molar-refractivity contribution in [1.29, 1.82) is 0 Å². The molecule has 246 valence electrons. The van der Waals surface area contributed by atoms with Gasteiger partial charge in [-0.25, -0.2) is 19.9 Å². The Morgan fingerprint density at radius 1 is 0.442 bits per heavy atom. The summed E-state index contributed by atoms with van der Waals surface area (Å²) in [6, 6.07) is 55.5. The maximum Gasteiger partial charge on any atom is 0.164 e. The zero-order valence-electron chi connectivity index (χ0n) is 28.7. The molecule has 0 N–H and O–H groups in total. The maximum atomic E-state index is 5.21. The van der Waals surface area contributed by atoms with Crippen molar-refractivity contribution in [2.24, 2.45) is 0 Å². The van der Waals surface area contributed by atoms with Crippen molar-refractivity contribution in [3.8, 4) is 67.0 Å². The Balaban J connectivity index is 1.20. The molecule has 7 aromatic carbocycles. The van der Waals surface area contributed by atoms with Crippen molar-refractivity contribution < 1.29 is 0 Å². The molecule has 0 aliphatic heterocycles. The van der Waals surface area contributed by atoms with Gasteiger partial charge in [-0.15, -0.1) is 11.3 Å². The molecule has 0 saturated carbocycles. The minimum absolute atomic E-state index is 0.217. The van der Waals surface area contributed by atoms with Crippen LogP contribution in [0.1, 0.15) is 25.0 Å². The van der Waals surface area contributed by atoms with Crippen LogP contribution in [0, 0.1) is 0 Å². The molecule has 52 heavy (non-hydrogen) atoms. The molecule has 0 bridgehead atoms. The molecule has 0 spiro atoms. The highest BCUT2D eigenvalue weighted by molar-refractivity contribution is 7.21. The molecular formula is C47H32N4S. The molecule has 0 radical (unpaired) electrons. The fourth-order valence-electron chi connectivity index (χ4n) is 7.69. The van der Waals surface area contributed by atoms with Crippen molar-refractivity contribution >= 4 is 32.3 Å². The van der Waals surface area contributed by atoms with E-state index in [4.69, 9.17) is 19.9 Å². The molecule has 9 aromatic rings. The topological polar surface area (TPSA) is 51.6 Å². The number of rotatable bonds is 5. The van der Waals surface area contributed by atoms with Gasteiger partial charge in [0.2, 0.25) is 0 Å². The maximum absolute atomic E-state index is 5.21. The van der Waals surface area contributed by atoms with Crippen LogP contribution in [-0.4, -0.2) is 19.9 Å². The smallest absolute Gasteiger partial charge is 0.164 e. The summed E-state index contributed by atoms with van der Waals surface area (Å²) in [5.41, 5.74) is 12.1. The van der Waals surface area contributed by atoms with Gasteiger partial charge in [0.1, 0.15) is 5.01 Å². The van der Waals surface area contributed by atoms with E-state index in [0.29, 0.717) is 17.5 Å². The number of nitrogens with zero attached hydrogens (tertiary/aromatic N) is 4. The first-order valence-electron chi connectivity index (χ1n) is 17.6. The van der Waals surface area contributed by atoms with E-state index in [0.717, 1.165) is 54.7 Å². The van der Waals surface area contributed by atoms with Gasteiger partial charge in [0.25, 0.3) is 0 Å². The average molecular weight is 685 g/mol. The lowest BCUT2D eigenvalue weighted by molar-refractivity contribution is 0.660. The van der Waals surface area contributed by atoms with Crippen molar-refractivity contribution in [3.63, 3.8) is 0 Å². The molecule has 10 rings (SSSR count). The second-order valence-electron chi connectivity index (χ2n) is 13.9. The third-order valence-corrected chi connectivity index (χ3v) is 11.4. The monoisotopic (exact) mass is 684 g/mol. The highest BCUT2D eigenvalue weighted by Crippen LogP contribution is 2.53. The fourth-order valence-corrected chi connectivity index (χ4v) is 8.68. The van der Waals surface area contributed by atoms with Crippen LogP contribution >= 0.6 is 11.3 Å². The molecule has 0 unspecified atom stereocenters. The molecule has 1 aliphatic rings. The van der Waals surface area contributed by atoms with E-state index < -0.39 is 0 Å². The molecule has 0 saturated heterocycles. The SMILES string of the molecule is CC1(C)c2ccccc2-c2c(-c3nc(-c4ccccc4)nc(-c4ccccc4)n3)cc(-c3ccc4c(ccc5sc(-c6ccccc6)nc54)c3)cc21. The summed E-state index contributed by atoms with van der Waals surface area (Å²) in [5, 5.41) is 3.36. The Hall–Kier alpha value is -6.30. The summed E-state index contributed by atoms with van der Waals surface area (Å²) < 4.78 is 1.19. The van der Waals surface area contributed by atoms with Gasteiger partial charge >= 0.3 is 0 Å². The van der Waals surface area contributed by atoms with Gasteiger partial charge in [-0.2, -0.15) is 0 Å². The van der Waals surface area contributed by atoms with Gasteiger partial charge in [0.15, 0.2) is 17.5 Å². The molecular weight excluding hydrogens is 653 g/mol. The van der Waals surface area contributed by atoms with E-state index in [-0.39, 0.29) is 5.41 Å². The number of benzene rings is 7. The van der Waals surface area contributed by atoms with Gasteiger partial charge in [-0.3, -0.25) is 0 Å². The van der Waals surface area contributed by atoms with Crippen LogP contribution in [-0.2, 0) is 5.41 Å². The van der Waals surface area contributed by atoms with E-state index in [1.165, 1.54) is 27.0 Å². The number of hydrogen-bond acceptors (Lipinski definition) is 5. The molecule has 2 heterocycles. The first-order chi connectivity index (χ1) is 25.5. The quantitative estimate of drug-likeness (QED) is 0.181. The number of hydrogen-bond donors (Lipinski definition) is 0. The average Bonchev–Trinajstić information content (AvgIpc) is 3.75. The third-order valence-electron chi connectivity index (χ3n) is 10.4. The Morgan fingerprint density at radius 2 is 1.06 bits per heavy atom. The predicted octanol–water partition coefficient (Wildman–Crippen LogP) is 12.3. The lowest BCUT2D eigenvalue weighted by atomic mass is 9.81. The van der Waals surface area contributed by atoms with Crippen LogP contribution in [0.5, 0.6) is 0 Å². The largest absolute Gasteiger partial charge is 0.235 e. The molecule has 5 heteroatoms. The Bertz CT molecular complexity index is 2750. The van der Waals surface area contributed by atoms with E-state index in [9.17, 15) is 0 Å². The normalized spacial score (nSPS) is 13.0. The van der Waals surface area contributed by atoms with Gasteiger partial charge in [-0.05, 0) is 63.0 Å². The van der Waals surface area contributed by atoms with Gasteiger partial charge in [0, 0.05) is 33.1 Å². The Morgan fingerprint density at radius 3 is 1.75 bits per heavy atom. The number of aromatic nitrogens is 4. The van der Waals surface area contributed by atoms with Gasteiger partial charge in [0.05, 0.1) is 10.2 Å². The molecule has 2 aromatic heterocycles. The van der Waals surface area contributed by atoms with Gasteiger partial charge < -0.3 is 0 Å². The lowest BCUT2D eigenvalue weighted by Crippen LogP contribution is -2.15. The lowest BCUT2D eigenvalue weighted by Gasteiger charge is -2.23. The summed E-state index contributed by atoms with van der Waals surface area (Å²) in [4.78, 5) is 20.5. The highest BCUT2D eigenvalue weighted by atomic mass is 32.1. The summed E-state index contributed by atoms with van der Waals surface area (Å²) in [7, 11) is 0. The van der Waals surface area contributed by atoms with E-state index in [2.05, 4.69) is 129 Å². The van der Waals surface area contributed by atoms with Crippen molar-refractivity contribution in [1.82, 2.24) is 19.9 Å². The minimum Gasteiger partial charge on any atom is -0.235 e. The Kier molecular flexibility index (Phi) is 6.98. The van der Waals surface area contributed by atoms with Crippen molar-refractivity contribution in [3.05, 3.63) is 169 Å². The van der Waals surface area contributed by atoms with Crippen LogP contribution < -0.4 is 0 Å². The Labute approximate surface area is 306 Å². The minimum atomic E-state index is -0.217. The molecule has 1 aliphatic carbocycles. The second kappa shape index (κ2) is 11.9. The summed E-state index contributed by atoms with van der Waals surface area (Å²) >= 11 is 1.74. The van der Waals surface area contributed by atoms with Crippen molar-refractivity contribution in [2.75, 3.05) is 0 Å². The predicted molar refractivity (Wildman–Crippen MR) is 215 cm³/mol. The van der Waals surface area contributed by atoms with E-state index >= 15 is 0 Å². The van der Waals surface area contributed by atoms with E-state index in [1.54, 1.807) is 11.3 Å². The van der Waals surface area contributed by atoms with Crippen LogP contribution in [0.15, 0.2) is 158 Å². The first-order valence-corrected chi connectivity index (χ1v) is 18.4. The number of fused-ring (bicyclic) bond motifs is 6. The van der Waals surface area contributed by atoms with Crippen LogP contribution in [0.2, 0.25) is 0 Å². The first kappa shape index (κ1) is 30.5. The van der Waals surface area contributed by atoms with Crippen LogP contribution in [0.25, 0.3) is 88.0 Å². The highest BCUT2D eigenvalue weighted by Gasteiger charge is 2.38. The zero-order valence-corrected chi connectivity index (χ0v) is 29.5. The number of thiazole rings is 1. The van der Waals surface area contributed by atoms with Crippen molar-refractivity contribution in [2.45, 2.75) is 19.3 Å². The third kappa shape index (κ3) is 4.96. The second-order valence-corrected chi connectivity index (χ2v) is 14.9. The fraction of sp³-hybridized carbons (Fsp3) is 0.0638. The summed E-state index contributed by atoms with van der Waals surface area (Å²) in [6.45, 7) is 4.65.